The Hall–Kier alpha value is -1.82. The molecule has 0 N–H and O–H groups in total. The Labute approximate surface area is 162 Å². The summed E-state index contributed by atoms with van der Waals surface area (Å²) in [6.45, 7) is 3.49. The van der Waals surface area contributed by atoms with Crippen LogP contribution < -0.4 is 0 Å². The van der Waals surface area contributed by atoms with Crippen LogP contribution in [0, 0.1) is 16.7 Å². The summed E-state index contributed by atoms with van der Waals surface area (Å²) in [7, 11) is 7.84. The molecule has 0 bridgehead atoms. The highest BCUT2D eigenvalue weighted by molar-refractivity contribution is 5.92. The van der Waals surface area contributed by atoms with Gasteiger partial charge < -0.3 is 19.3 Å². The minimum Gasteiger partial charge on any atom is -0.348 e. The Morgan fingerprint density at radius 3 is 2.41 bits per heavy atom. The SMILES string of the molecule is CN1C[C@@H]2C3(CCN(C(=O)c4cccn4C)CC3)CC[C@]2(C(=O)N(C)C)C1. The molecule has 27 heavy (non-hydrogen) atoms. The lowest BCUT2D eigenvalue weighted by Crippen LogP contribution is -2.49. The highest BCUT2D eigenvalue weighted by Crippen LogP contribution is 2.62. The molecule has 3 aliphatic rings. The molecular weight excluding hydrogens is 340 g/mol. The van der Waals surface area contributed by atoms with Gasteiger partial charge in [0.15, 0.2) is 0 Å². The summed E-state index contributed by atoms with van der Waals surface area (Å²) in [4.78, 5) is 32.1. The second kappa shape index (κ2) is 6.36. The number of piperidine rings is 1. The summed E-state index contributed by atoms with van der Waals surface area (Å²) in [6.07, 6.45) is 6.07. The maximum absolute atomic E-state index is 13.1. The topological polar surface area (TPSA) is 48.8 Å². The van der Waals surface area contributed by atoms with Gasteiger partial charge in [0.1, 0.15) is 5.69 Å². The smallest absolute Gasteiger partial charge is 0.270 e. The van der Waals surface area contributed by atoms with Crippen LogP contribution in [0.25, 0.3) is 0 Å². The highest BCUT2D eigenvalue weighted by atomic mass is 16.2. The van der Waals surface area contributed by atoms with Crippen molar-refractivity contribution in [2.24, 2.45) is 23.8 Å². The largest absolute Gasteiger partial charge is 0.348 e. The molecule has 6 nitrogen and oxygen atoms in total. The summed E-state index contributed by atoms with van der Waals surface area (Å²) in [5.41, 5.74) is 0.749. The lowest BCUT2D eigenvalue weighted by Gasteiger charge is -2.44. The Morgan fingerprint density at radius 1 is 1.11 bits per heavy atom. The molecule has 3 fully saturated rings. The van der Waals surface area contributed by atoms with Crippen LogP contribution in [0.2, 0.25) is 0 Å². The molecule has 2 atom stereocenters. The summed E-state index contributed by atoms with van der Waals surface area (Å²) >= 11 is 0. The molecule has 1 aromatic rings. The zero-order chi connectivity index (χ0) is 19.4. The van der Waals surface area contributed by atoms with Crippen molar-refractivity contribution in [3.05, 3.63) is 24.0 Å². The minimum atomic E-state index is -0.220. The van der Waals surface area contributed by atoms with Gasteiger partial charge in [-0.3, -0.25) is 9.59 Å². The maximum atomic E-state index is 13.1. The summed E-state index contributed by atoms with van der Waals surface area (Å²) in [5.74, 6) is 0.850. The van der Waals surface area contributed by atoms with Gasteiger partial charge in [0.2, 0.25) is 5.91 Å². The fourth-order valence-corrected chi connectivity index (χ4v) is 6.19. The van der Waals surface area contributed by atoms with E-state index in [0.717, 1.165) is 57.6 Å². The third-order valence-electron chi connectivity index (χ3n) is 7.56. The van der Waals surface area contributed by atoms with Crippen LogP contribution in [0.4, 0.5) is 0 Å². The molecule has 2 amide bonds. The number of aromatic nitrogens is 1. The van der Waals surface area contributed by atoms with Crippen molar-refractivity contribution in [3.63, 3.8) is 0 Å². The normalized spacial score (nSPS) is 29.9. The lowest BCUT2D eigenvalue weighted by molar-refractivity contribution is -0.141. The van der Waals surface area contributed by atoms with Gasteiger partial charge in [0.25, 0.3) is 5.91 Å². The van der Waals surface area contributed by atoms with E-state index >= 15 is 0 Å². The average molecular weight is 373 g/mol. The summed E-state index contributed by atoms with van der Waals surface area (Å²) in [6, 6.07) is 3.82. The lowest BCUT2D eigenvalue weighted by atomic mass is 9.65. The Kier molecular flexibility index (Phi) is 4.37. The fraction of sp³-hybridized carbons (Fsp3) is 0.714. The van der Waals surface area contributed by atoms with Gasteiger partial charge in [-0.2, -0.15) is 0 Å². The average Bonchev–Trinajstić information content (AvgIpc) is 3.29. The Bertz CT molecular complexity index is 747. The zero-order valence-electron chi connectivity index (χ0n) is 17.1. The number of carbonyl (C=O) groups excluding carboxylic acids is 2. The van der Waals surface area contributed by atoms with E-state index in [0.29, 0.717) is 11.8 Å². The molecule has 0 unspecified atom stereocenters. The number of hydrogen-bond acceptors (Lipinski definition) is 3. The second-order valence-electron chi connectivity index (χ2n) is 9.26. The Morgan fingerprint density at radius 2 is 1.81 bits per heavy atom. The molecule has 2 aliphatic heterocycles. The van der Waals surface area contributed by atoms with E-state index in [9.17, 15) is 9.59 Å². The van der Waals surface area contributed by atoms with Crippen LogP contribution in [-0.2, 0) is 11.8 Å². The highest BCUT2D eigenvalue weighted by Gasteiger charge is 2.64. The Balaban J connectivity index is 1.52. The molecule has 1 aliphatic carbocycles. The number of carbonyl (C=O) groups is 2. The van der Waals surface area contributed by atoms with Crippen LogP contribution in [-0.4, -0.2) is 78.4 Å². The van der Waals surface area contributed by atoms with Crippen molar-refractivity contribution < 1.29 is 9.59 Å². The summed E-state index contributed by atoms with van der Waals surface area (Å²) in [5, 5.41) is 0. The van der Waals surface area contributed by atoms with Gasteiger partial charge in [-0.05, 0) is 56.2 Å². The van der Waals surface area contributed by atoms with Crippen LogP contribution in [0.3, 0.4) is 0 Å². The van der Waals surface area contributed by atoms with Crippen molar-refractivity contribution in [3.8, 4) is 0 Å². The first kappa shape index (κ1) is 18.5. The molecule has 148 valence electrons. The first-order valence-corrected chi connectivity index (χ1v) is 10.1. The van der Waals surface area contributed by atoms with Crippen molar-refractivity contribution >= 4 is 11.8 Å². The molecule has 4 rings (SSSR count). The van der Waals surface area contributed by atoms with E-state index in [1.165, 1.54) is 0 Å². The minimum absolute atomic E-state index is 0.134. The third kappa shape index (κ3) is 2.72. The van der Waals surface area contributed by atoms with E-state index in [2.05, 4.69) is 11.9 Å². The van der Waals surface area contributed by atoms with Gasteiger partial charge in [-0.25, -0.2) is 0 Å². The van der Waals surface area contributed by atoms with Gasteiger partial charge in [-0.1, -0.05) is 0 Å². The number of fused-ring (bicyclic) bond motifs is 2. The van der Waals surface area contributed by atoms with Crippen LogP contribution in [0.15, 0.2) is 18.3 Å². The fourth-order valence-electron chi connectivity index (χ4n) is 6.19. The molecule has 1 spiro atoms. The van der Waals surface area contributed by atoms with Crippen LogP contribution >= 0.6 is 0 Å². The van der Waals surface area contributed by atoms with Gasteiger partial charge in [0, 0.05) is 53.5 Å². The van der Waals surface area contributed by atoms with E-state index in [1.54, 1.807) is 4.90 Å². The van der Waals surface area contributed by atoms with E-state index in [-0.39, 0.29) is 16.7 Å². The third-order valence-corrected chi connectivity index (χ3v) is 7.56. The molecule has 0 aromatic carbocycles. The standard InChI is InChI=1S/C21H32N4O2/c1-22(2)19(27)21-8-7-20(17(21)14-23(3)15-21)9-12-25(13-10-20)18(26)16-6-5-11-24(16)4/h5-6,11,17H,7-10,12-15H2,1-4H3/t17-,21+/m1/s1. The van der Waals surface area contributed by atoms with Gasteiger partial charge >= 0.3 is 0 Å². The zero-order valence-corrected chi connectivity index (χ0v) is 17.1. The van der Waals surface area contributed by atoms with Gasteiger partial charge in [-0.15, -0.1) is 0 Å². The molecule has 1 aromatic heterocycles. The van der Waals surface area contributed by atoms with Crippen molar-refractivity contribution in [2.75, 3.05) is 47.3 Å². The molecule has 1 saturated carbocycles. The van der Waals surface area contributed by atoms with Gasteiger partial charge in [0.05, 0.1) is 5.41 Å². The monoisotopic (exact) mass is 372 g/mol. The predicted molar refractivity (Wildman–Crippen MR) is 104 cm³/mol. The number of likely N-dealkylation sites (tertiary alicyclic amines) is 2. The number of aryl methyl sites for hydroxylation is 1. The molecule has 3 heterocycles. The number of hydrogen-bond donors (Lipinski definition) is 0. The van der Waals surface area contributed by atoms with E-state index < -0.39 is 0 Å². The molecular formula is C21H32N4O2. The molecule has 6 heteroatoms. The quantitative estimate of drug-likeness (QED) is 0.794. The second-order valence-corrected chi connectivity index (χ2v) is 9.26. The number of amides is 2. The van der Waals surface area contributed by atoms with E-state index in [1.807, 2.05) is 48.9 Å². The predicted octanol–water partition coefficient (Wildman–Crippen LogP) is 1.68. The van der Waals surface area contributed by atoms with Crippen LogP contribution in [0.5, 0.6) is 0 Å². The first-order chi connectivity index (χ1) is 12.8. The van der Waals surface area contributed by atoms with E-state index in [4.69, 9.17) is 0 Å². The summed E-state index contributed by atoms with van der Waals surface area (Å²) < 4.78 is 1.90. The van der Waals surface area contributed by atoms with Crippen molar-refractivity contribution in [1.29, 1.82) is 0 Å². The maximum Gasteiger partial charge on any atom is 0.270 e. The molecule has 0 radical (unpaired) electrons. The number of nitrogens with zero attached hydrogens (tertiary/aromatic N) is 4. The number of rotatable bonds is 2. The van der Waals surface area contributed by atoms with Crippen LogP contribution in [0.1, 0.15) is 36.2 Å². The first-order valence-electron chi connectivity index (χ1n) is 10.1. The van der Waals surface area contributed by atoms with Crippen molar-refractivity contribution in [2.45, 2.75) is 25.7 Å². The van der Waals surface area contributed by atoms with Crippen molar-refractivity contribution in [1.82, 2.24) is 19.3 Å². The molecule has 2 saturated heterocycles.